The molecule has 0 bridgehead atoms. The topological polar surface area (TPSA) is 30.7 Å². The zero-order valence-electron chi connectivity index (χ0n) is 17.4. The van der Waals surface area contributed by atoms with Gasteiger partial charge >= 0.3 is 6.18 Å². The summed E-state index contributed by atoms with van der Waals surface area (Å²) < 4.78 is 46.0. The number of hydrogen-bond donors (Lipinski definition) is 0. The molecule has 1 unspecified atom stereocenters. The van der Waals surface area contributed by atoms with E-state index >= 15 is 0 Å². The third kappa shape index (κ3) is 2.22. The monoisotopic (exact) mass is 431 g/mol. The first-order valence-corrected chi connectivity index (χ1v) is 10.7. The van der Waals surface area contributed by atoms with Crippen LogP contribution in [0.25, 0.3) is 22.5 Å². The van der Waals surface area contributed by atoms with Crippen molar-refractivity contribution >= 4 is 0 Å². The minimum atomic E-state index is -4.40. The van der Waals surface area contributed by atoms with Crippen LogP contribution in [0.15, 0.2) is 78.9 Å². The number of rotatable bonds is 3. The van der Waals surface area contributed by atoms with E-state index in [2.05, 4.69) is 10.3 Å². The molecule has 0 saturated heterocycles. The van der Waals surface area contributed by atoms with Crippen molar-refractivity contribution in [1.29, 1.82) is 0 Å². The van der Waals surface area contributed by atoms with Crippen molar-refractivity contribution in [3.8, 4) is 22.5 Å². The van der Waals surface area contributed by atoms with E-state index in [-0.39, 0.29) is 12.8 Å². The van der Waals surface area contributed by atoms with Gasteiger partial charge in [-0.05, 0) is 36.5 Å². The van der Waals surface area contributed by atoms with Crippen molar-refractivity contribution in [2.24, 2.45) is 5.41 Å². The summed E-state index contributed by atoms with van der Waals surface area (Å²) >= 11 is 0. The molecule has 2 heterocycles. The van der Waals surface area contributed by atoms with Crippen molar-refractivity contribution in [3.63, 3.8) is 0 Å². The van der Waals surface area contributed by atoms with Crippen LogP contribution < -0.4 is 0 Å². The van der Waals surface area contributed by atoms with Crippen LogP contribution in [0.1, 0.15) is 29.5 Å². The predicted molar refractivity (Wildman–Crippen MR) is 116 cm³/mol. The minimum absolute atomic E-state index is 0.0543. The Bertz CT molecular complexity index is 1340. The molecule has 0 amide bonds. The molecule has 160 valence electrons. The number of aromatic nitrogens is 3. The fourth-order valence-corrected chi connectivity index (χ4v) is 5.57. The number of benzene rings is 3. The van der Waals surface area contributed by atoms with Gasteiger partial charge in [0, 0.05) is 11.1 Å². The Labute approximate surface area is 183 Å². The SMILES string of the molecule is Cc1ccccc1-c1nnn2c1-c1ccccc1C2(c1ccccc1)C1(C(F)(F)F)CC1. The zero-order valence-corrected chi connectivity index (χ0v) is 17.4. The Kier molecular flexibility index (Phi) is 3.80. The van der Waals surface area contributed by atoms with Gasteiger partial charge in [-0.3, -0.25) is 0 Å². The largest absolute Gasteiger partial charge is 0.397 e. The number of aryl methyl sites for hydroxylation is 1. The fourth-order valence-electron chi connectivity index (χ4n) is 5.57. The number of fused-ring (bicyclic) bond motifs is 3. The second kappa shape index (κ2) is 6.31. The van der Waals surface area contributed by atoms with Crippen molar-refractivity contribution in [2.45, 2.75) is 31.5 Å². The fraction of sp³-hybridized carbons (Fsp3) is 0.231. The summed E-state index contributed by atoms with van der Waals surface area (Å²) in [6, 6.07) is 24.2. The van der Waals surface area contributed by atoms with E-state index in [0.29, 0.717) is 22.5 Å². The quantitative estimate of drug-likeness (QED) is 0.377. The van der Waals surface area contributed by atoms with Crippen molar-refractivity contribution in [3.05, 3.63) is 95.6 Å². The lowest BCUT2D eigenvalue weighted by Crippen LogP contribution is -2.50. The Hall–Kier alpha value is -3.41. The van der Waals surface area contributed by atoms with E-state index in [1.807, 2.05) is 61.5 Å². The molecule has 4 aromatic rings. The molecule has 1 fully saturated rings. The first-order chi connectivity index (χ1) is 15.4. The van der Waals surface area contributed by atoms with Crippen molar-refractivity contribution in [2.75, 3.05) is 0 Å². The normalized spacial score (nSPS) is 20.6. The molecular formula is C26H20F3N3. The molecule has 0 spiro atoms. The highest BCUT2D eigenvalue weighted by molar-refractivity contribution is 5.85. The van der Waals surface area contributed by atoms with Crippen LogP contribution >= 0.6 is 0 Å². The maximum absolute atomic E-state index is 14.8. The van der Waals surface area contributed by atoms with Crippen LogP contribution in [-0.4, -0.2) is 21.2 Å². The Balaban J connectivity index is 1.76. The molecule has 3 nitrogen and oxygen atoms in total. The lowest BCUT2D eigenvalue weighted by Gasteiger charge is -2.41. The summed E-state index contributed by atoms with van der Waals surface area (Å²) in [5, 5.41) is 8.90. The van der Waals surface area contributed by atoms with Crippen LogP contribution in [0.2, 0.25) is 0 Å². The Morgan fingerprint density at radius 2 is 1.44 bits per heavy atom. The molecule has 6 heteroatoms. The summed E-state index contributed by atoms with van der Waals surface area (Å²) in [5.74, 6) is 0. The summed E-state index contributed by atoms with van der Waals surface area (Å²) in [5.41, 5.74) is 1.71. The number of halogens is 3. The number of hydrogen-bond acceptors (Lipinski definition) is 2. The highest BCUT2D eigenvalue weighted by Gasteiger charge is 2.77. The summed E-state index contributed by atoms with van der Waals surface area (Å²) in [6.45, 7) is 1.98. The van der Waals surface area contributed by atoms with Gasteiger partial charge in [-0.15, -0.1) is 5.10 Å². The highest BCUT2D eigenvalue weighted by atomic mass is 19.4. The smallest absolute Gasteiger partial charge is 0.228 e. The zero-order chi connectivity index (χ0) is 22.1. The van der Waals surface area contributed by atoms with E-state index in [4.69, 9.17) is 0 Å². The molecule has 0 N–H and O–H groups in total. The predicted octanol–water partition coefficient (Wildman–Crippen LogP) is 6.37. The Morgan fingerprint density at radius 3 is 2.09 bits per heavy atom. The standard InChI is InChI=1S/C26H20F3N3/c1-17-9-5-6-12-19(17)22-23-20-13-7-8-14-21(20)25(32(23)31-30-22,18-10-3-2-4-11-18)24(15-16-24)26(27,28)29/h2-14H,15-16H2,1H3. The van der Waals surface area contributed by atoms with Gasteiger partial charge in [-0.2, -0.15) is 13.2 Å². The molecular weight excluding hydrogens is 411 g/mol. The van der Waals surface area contributed by atoms with E-state index in [9.17, 15) is 13.2 Å². The van der Waals surface area contributed by atoms with Crippen LogP contribution in [0.3, 0.4) is 0 Å². The van der Waals surface area contributed by atoms with Crippen LogP contribution in [0, 0.1) is 12.3 Å². The minimum Gasteiger partial charge on any atom is -0.228 e. The molecule has 0 radical (unpaired) electrons. The van der Waals surface area contributed by atoms with Gasteiger partial charge in [0.1, 0.15) is 11.2 Å². The first kappa shape index (κ1) is 19.3. The second-order valence-electron chi connectivity index (χ2n) is 8.72. The highest BCUT2D eigenvalue weighted by Crippen LogP contribution is 2.72. The maximum Gasteiger partial charge on any atom is 0.397 e. The molecule has 1 aromatic heterocycles. The van der Waals surface area contributed by atoms with Crippen LogP contribution in [0.4, 0.5) is 13.2 Å². The van der Waals surface area contributed by atoms with Gasteiger partial charge in [0.05, 0.1) is 11.1 Å². The molecule has 2 aliphatic rings. The Morgan fingerprint density at radius 1 is 0.812 bits per heavy atom. The summed E-state index contributed by atoms with van der Waals surface area (Å²) in [4.78, 5) is 0. The average Bonchev–Trinajstić information content (AvgIpc) is 3.42. The first-order valence-electron chi connectivity index (χ1n) is 10.7. The van der Waals surface area contributed by atoms with E-state index in [1.54, 1.807) is 28.9 Å². The van der Waals surface area contributed by atoms with Crippen LogP contribution in [0.5, 0.6) is 0 Å². The summed E-state index contributed by atoms with van der Waals surface area (Å²) in [7, 11) is 0. The molecule has 1 aliphatic heterocycles. The van der Waals surface area contributed by atoms with Gasteiger partial charge in [0.25, 0.3) is 0 Å². The van der Waals surface area contributed by atoms with E-state index < -0.39 is 17.1 Å². The molecule has 6 rings (SSSR count). The van der Waals surface area contributed by atoms with Gasteiger partial charge in [0.2, 0.25) is 0 Å². The van der Waals surface area contributed by atoms with Gasteiger partial charge < -0.3 is 0 Å². The molecule has 1 saturated carbocycles. The third-order valence-electron chi connectivity index (χ3n) is 7.14. The molecule has 32 heavy (non-hydrogen) atoms. The molecule has 1 aliphatic carbocycles. The molecule has 3 aromatic carbocycles. The van der Waals surface area contributed by atoms with Crippen molar-refractivity contribution < 1.29 is 13.2 Å². The van der Waals surface area contributed by atoms with E-state index in [0.717, 1.165) is 16.7 Å². The van der Waals surface area contributed by atoms with Crippen molar-refractivity contribution in [1.82, 2.24) is 15.0 Å². The van der Waals surface area contributed by atoms with Crippen LogP contribution in [-0.2, 0) is 5.54 Å². The number of nitrogens with zero attached hydrogens (tertiary/aromatic N) is 3. The van der Waals surface area contributed by atoms with Gasteiger partial charge in [-0.25, -0.2) is 4.68 Å². The van der Waals surface area contributed by atoms with Gasteiger partial charge in [-0.1, -0.05) is 84.1 Å². The second-order valence-corrected chi connectivity index (χ2v) is 8.72. The van der Waals surface area contributed by atoms with E-state index in [1.165, 1.54) is 0 Å². The lowest BCUT2D eigenvalue weighted by atomic mass is 9.70. The molecule has 1 atom stereocenters. The summed E-state index contributed by atoms with van der Waals surface area (Å²) in [6.07, 6.45) is -4.29. The number of alkyl halides is 3. The maximum atomic E-state index is 14.8. The third-order valence-corrected chi connectivity index (χ3v) is 7.14. The van der Waals surface area contributed by atoms with Gasteiger partial charge in [0.15, 0.2) is 0 Å². The lowest BCUT2D eigenvalue weighted by molar-refractivity contribution is -0.208. The average molecular weight is 431 g/mol.